The number of hydrogen-bond acceptors (Lipinski definition) is 4. The number of hydrogen-bond donors (Lipinski definition) is 4. The van der Waals surface area contributed by atoms with Crippen LogP contribution in [0.2, 0.25) is 0 Å². The summed E-state index contributed by atoms with van der Waals surface area (Å²) in [4.78, 5) is 20.2. The van der Waals surface area contributed by atoms with Crippen molar-refractivity contribution in [2.24, 2.45) is 5.73 Å². The lowest BCUT2D eigenvalue weighted by molar-refractivity contribution is -0.159. The number of carbonyl (C=O) groups is 2. The second-order valence-corrected chi connectivity index (χ2v) is 2.48. The minimum absolute atomic E-state index is 0.0363. The van der Waals surface area contributed by atoms with Gasteiger partial charge >= 0.3 is 11.9 Å². The third-order valence-electron chi connectivity index (χ3n) is 1.32. The van der Waals surface area contributed by atoms with E-state index in [0.29, 0.717) is 0 Å². The van der Waals surface area contributed by atoms with Crippen LogP contribution in [0, 0.1) is 0 Å². The molecule has 6 heteroatoms. The fourth-order valence-electron chi connectivity index (χ4n) is 0.616. The summed E-state index contributed by atoms with van der Waals surface area (Å²) in [7, 11) is 0. The molecular weight excluding hydrogens is 166 g/mol. The minimum Gasteiger partial charge on any atom is -0.481 e. The molecule has 0 fully saturated rings. The van der Waals surface area contributed by atoms with E-state index >= 15 is 0 Å². The Hall–Kier alpha value is -1.14. The summed E-state index contributed by atoms with van der Waals surface area (Å²) in [6, 6.07) is 0. The molecule has 5 N–H and O–H groups in total. The molecule has 70 valence electrons. The number of aliphatic hydroxyl groups is 1. The summed E-state index contributed by atoms with van der Waals surface area (Å²) in [6.07, 6.45) is -0.434. The molecule has 0 aromatic rings. The molecule has 0 aliphatic carbocycles. The van der Waals surface area contributed by atoms with Gasteiger partial charge in [0.05, 0.1) is 0 Å². The summed E-state index contributed by atoms with van der Waals surface area (Å²) >= 11 is 0. The molecule has 0 aromatic carbocycles. The standard InChI is InChI=1S/C6H11NO5/c7-6(12,5(10)11)3-1-2-4(8)9/h12H,1-3,7H2,(H,8,9)(H,10,11). The molecule has 0 radical (unpaired) electrons. The van der Waals surface area contributed by atoms with E-state index in [1.54, 1.807) is 0 Å². The molecule has 1 atom stereocenters. The summed E-state index contributed by atoms with van der Waals surface area (Å²) in [5.41, 5.74) is 2.60. The maximum atomic E-state index is 10.2. The summed E-state index contributed by atoms with van der Waals surface area (Å²) in [5, 5.41) is 25.4. The van der Waals surface area contributed by atoms with Gasteiger partial charge in [0.2, 0.25) is 5.72 Å². The van der Waals surface area contributed by atoms with Gasteiger partial charge in [-0.15, -0.1) is 0 Å². The maximum absolute atomic E-state index is 10.2. The fourth-order valence-corrected chi connectivity index (χ4v) is 0.616. The Labute approximate surface area is 68.6 Å². The number of aliphatic carboxylic acids is 2. The quantitative estimate of drug-likeness (QED) is 0.398. The molecule has 1 unspecified atom stereocenters. The van der Waals surface area contributed by atoms with Crippen LogP contribution in [0.25, 0.3) is 0 Å². The van der Waals surface area contributed by atoms with Crippen LogP contribution in [0.4, 0.5) is 0 Å². The van der Waals surface area contributed by atoms with E-state index in [0.717, 1.165) is 0 Å². The molecule has 0 rings (SSSR count). The molecule has 6 nitrogen and oxygen atoms in total. The van der Waals surface area contributed by atoms with Crippen LogP contribution in [0.5, 0.6) is 0 Å². The van der Waals surface area contributed by atoms with Crippen molar-refractivity contribution in [3.8, 4) is 0 Å². The summed E-state index contributed by atoms with van der Waals surface area (Å²) < 4.78 is 0. The first-order chi connectivity index (χ1) is 5.36. The van der Waals surface area contributed by atoms with Crippen LogP contribution < -0.4 is 5.73 Å². The van der Waals surface area contributed by atoms with Gasteiger partial charge in [-0.2, -0.15) is 0 Å². The van der Waals surface area contributed by atoms with E-state index in [9.17, 15) is 9.59 Å². The van der Waals surface area contributed by atoms with Crippen molar-refractivity contribution in [1.29, 1.82) is 0 Å². The van der Waals surface area contributed by atoms with Gasteiger partial charge in [-0.05, 0) is 6.42 Å². The molecule has 0 aliphatic rings. The van der Waals surface area contributed by atoms with Crippen molar-refractivity contribution >= 4 is 11.9 Å². The van der Waals surface area contributed by atoms with Crippen molar-refractivity contribution < 1.29 is 24.9 Å². The largest absolute Gasteiger partial charge is 0.481 e. The van der Waals surface area contributed by atoms with Crippen LogP contribution in [0.15, 0.2) is 0 Å². The fraction of sp³-hybridized carbons (Fsp3) is 0.667. The zero-order chi connectivity index (χ0) is 9.78. The van der Waals surface area contributed by atoms with Crippen LogP contribution in [-0.2, 0) is 9.59 Å². The Kier molecular flexibility index (Phi) is 3.65. The van der Waals surface area contributed by atoms with Crippen molar-refractivity contribution in [3.05, 3.63) is 0 Å². The van der Waals surface area contributed by atoms with Gasteiger partial charge in [-0.1, -0.05) is 0 Å². The van der Waals surface area contributed by atoms with Crippen molar-refractivity contribution in [3.63, 3.8) is 0 Å². The molecule has 12 heavy (non-hydrogen) atoms. The topological polar surface area (TPSA) is 121 Å². The van der Waals surface area contributed by atoms with Crippen molar-refractivity contribution in [2.75, 3.05) is 0 Å². The van der Waals surface area contributed by atoms with Crippen LogP contribution >= 0.6 is 0 Å². The van der Waals surface area contributed by atoms with E-state index in [-0.39, 0.29) is 19.3 Å². The zero-order valence-corrected chi connectivity index (χ0v) is 6.36. The Morgan fingerprint density at radius 3 is 2.17 bits per heavy atom. The Morgan fingerprint density at radius 2 is 1.83 bits per heavy atom. The predicted octanol–water partition coefficient (Wildman–Crippen LogP) is -1.03. The second kappa shape index (κ2) is 4.03. The molecule has 0 bridgehead atoms. The van der Waals surface area contributed by atoms with Crippen LogP contribution in [-0.4, -0.2) is 33.0 Å². The Balaban J connectivity index is 3.76. The van der Waals surface area contributed by atoms with E-state index in [1.165, 1.54) is 0 Å². The van der Waals surface area contributed by atoms with E-state index < -0.39 is 17.7 Å². The lowest BCUT2D eigenvalue weighted by Gasteiger charge is -2.16. The molecule has 0 saturated carbocycles. The lowest BCUT2D eigenvalue weighted by Crippen LogP contribution is -2.47. The van der Waals surface area contributed by atoms with Crippen LogP contribution in [0.3, 0.4) is 0 Å². The van der Waals surface area contributed by atoms with E-state index in [4.69, 9.17) is 21.1 Å². The summed E-state index contributed by atoms with van der Waals surface area (Å²) in [5.74, 6) is -2.59. The van der Waals surface area contributed by atoms with E-state index in [1.807, 2.05) is 0 Å². The molecule has 0 saturated heterocycles. The molecule has 0 spiro atoms. The van der Waals surface area contributed by atoms with Gasteiger partial charge in [0, 0.05) is 12.8 Å². The molecule has 0 heterocycles. The first kappa shape index (κ1) is 10.9. The third kappa shape index (κ3) is 3.89. The number of carboxylic acids is 2. The van der Waals surface area contributed by atoms with Crippen molar-refractivity contribution in [2.45, 2.75) is 25.0 Å². The number of rotatable bonds is 5. The normalized spacial score (nSPS) is 15.2. The van der Waals surface area contributed by atoms with Gasteiger partial charge in [0.1, 0.15) is 0 Å². The second-order valence-electron chi connectivity index (χ2n) is 2.48. The average molecular weight is 177 g/mol. The maximum Gasteiger partial charge on any atom is 0.350 e. The number of nitrogens with two attached hydrogens (primary N) is 1. The highest BCUT2D eigenvalue weighted by Gasteiger charge is 2.29. The molecule has 0 aliphatic heterocycles. The zero-order valence-electron chi connectivity index (χ0n) is 6.36. The highest BCUT2D eigenvalue weighted by Crippen LogP contribution is 2.07. The highest BCUT2D eigenvalue weighted by atomic mass is 16.4. The highest BCUT2D eigenvalue weighted by molar-refractivity contribution is 5.76. The Morgan fingerprint density at radius 1 is 1.33 bits per heavy atom. The van der Waals surface area contributed by atoms with Crippen LogP contribution in [0.1, 0.15) is 19.3 Å². The molecular formula is C6H11NO5. The summed E-state index contributed by atoms with van der Waals surface area (Å²) in [6.45, 7) is 0. The van der Waals surface area contributed by atoms with Gasteiger partial charge in [-0.3, -0.25) is 10.5 Å². The van der Waals surface area contributed by atoms with Crippen molar-refractivity contribution in [1.82, 2.24) is 0 Å². The molecule has 0 amide bonds. The third-order valence-corrected chi connectivity index (χ3v) is 1.32. The van der Waals surface area contributed by atoms with Gasteiger partial charge in [0.25, 0.3) is 0 Å². The van der Waals surface area contributed by atoms with Gasteiger partial charge in [-0.25, -0.2) is 4.79 Å². The average Bonchev–Trinajstić information content (AvgIpc) is 1.85. The molecule has 0 aromatic heterocycles. The van der Waals surface area contributed by atoms with E-state index in [2.05, 4.69) is 0 Å². The monoisotopic (exact) mass is 177 g/mol. The first-order valence-corrected chi connectivity index (χ1v) is 3.32. The first-order valence-electron chi connectivity index (χ1n) is 3.32. The SMILES string of the molecule is NC(O)(CCCC(=O)O)C(=O)O. The predicted molar refractivity (Wildman–Crippen MR) is 38.3 cm³/mol. The van der Waals surface area contributed by atoms with Gasteiger partial charge in [0.15, 0.2) is 0 Å². The smallest absolute Gasteiger partial charge is 0.350 e. The minimum atomic E-state index is -2.31. The number of carboxylic acid groups (broad SMARTS) is 2. The Bertz CT molecular complexity index is 188. The van der Waals surface area contributed by atoms with Gasteiger partial charge < -0.3 is 15.3 Å². The lowest BCUT2D eigenvalue weighted by atomic mass is 10.1.